The molecule has 1 aromatic heterocycles. The fourth-order valence-electron chi connectivity index (χ4n) is 2.24. The number of rotatable bonds is 3. The summed E-state index contributed by atoms with van der Waals surface area (Å²) in [5, 5.41) is 0. The third kappa shape index (κ3) is 3.77. The summed E-state index contributed by atoms with van der Waals surface area (Å²) in [6, 6.07) is 2.96. The molecule has 1 heterocycles. The molecule has 0 radical (unpaired) electrons. The van der Waals surface area contributed by atoms with Crippen molar-refractivity contribution in [3.8, 4) is 0 Å². The van der Waals surface area contributed by atoms with Gasteiger partial charge in [0.1, 0.15) is 11.8 Å². The number of amides is 1. The molecule has 2 N–H and O–H groups in total. The van der Waals surface area contributed by atoms with Crippen molar-refractivity contribution in [2.24, 2.45) is 5.73 Å². The molecule has 1 amide bonds. The van der Waals surface area contributed by atoms with Gasteiger partial charge in [0.25, 0.3) is 5.91 Å². The van der Waals surface area contributed by atoms with Crippen molar-refractivity contribution in [1.82, 2.24) is 4.98 Å². The molecule has 0 unspecified atom stereocenters. The highest BCUT2D eigenvalue weighted by molar-refractivity contribution is 5.93. The Bertz CT molecular complexity index is 448. The molecule has 0 atom stereocenters. The second kappa shape index (κ2) is 6.31. The van der Waals surface area contributed by atoms with Crippen molar-refractivity contribution < 1.29 is 14.3 Å². The van der Waals surface area contributed by atoms with Gasteiger partial charge in [-0.05, 0) is 37.8 Å². The molecule has 19 heavy (non-hydrogen) atoms. The summed E-state index contributed by atoms with van der Waals surface area (Å²) in [6.07, 6.45) is 7.83. The van der Waals surface area contributed by atoms with E-state index in [1.807, 2.05) is 0 Å². The Kier molecular flexibility index (Phi) is 4.49. The van der Waals surface area contributed by atoms with Gasteiger partial charge in [-0.15, -0.1) is 0 Å². The van der Waals surface area contributed by atoms with Gasteiger partial charge in [0, 0.05) is 6.20 Å². The largest absolute Gasteiger partial charge is 0.459 e. The number of nitrogens with zero attached hydrogens (tertiary/aromatic N) is 1. The molecule has 0 aromatic carbocycles. The summed E-state index contributed by atoms with van der Waals surface area (Å²) >= 11 is 0. The van der Waals surface area contributed by atoms with Crippen molar-refractivity contribution in [3.63, 3.8) is 0 Å². The maximum Gasteiger partial charge on any atom is 0.339 e. The van der Waals surface area contributed by atoms with Crippen LogP contribution in [0.15, 0.2) is 18.3 Å². The van der Waals surface area contributed by atoms with Crippen LogP contribution in [0.5, 0.6) is 0 Å². The number of hydrogen-bond donors (Lipinski definition) is 1. The summed E-state index contributed by atoms with van der Waals surface area (Å²) in [6.45, 7) is 0. The van der Waals surface area contributed by atoms with Gasteiger partial charge in [-0.2, -0.15) is 0 Å². The monoisotopic (exact) mass is 262 g/mol. The van der Waals surface area contributed by atoms with E-state index in [2.05, 4.69) is 4.98 Å². The molecule has 1 saturated carbocycles. The van der Waals surface area contributed by atoms with E-state index in [4.69, 9.17) is 10.5 Å². The molecule has 1 aliphatic rings. The number of esters is 1. The Morgan fingerprint density at radius 3 is 2.37 bits per heavy atom. The van der Waals surface area contributed by atoms with Gasteiger partial charge in [-0.1, -0.05) is 12.8 Å². The van der Waals surface area contributed by atoms with E-state index >= 15 is 0 Å². The van der Waals surface area contributed by atoms with Crippen LogP contribution in [-0.2, 0) is 4.74 Å². The van der Waals surface area contributed by atoms with Crippen LogP contribution in [0.3, 0.4) is 0 Å². The lowest BCUT2D eigenvalue weighted by atomic mass is 10.1. The van der Waals surface area contributed by atoms with Crippen LogP contribution in [-0.4, -0.2) is 23.0 Å². The fourth-order valence-corrected chi connectivity index (χ4v) is 2.24. The Morgan fingerprint density at radius 2 is 1.84 bits per heavy atom. The molecular weight excluding hydrogens is 244 g/mol. The van der Waals surface area contributed by atoms with E-state index in [9.17, 15) is 9.59 Å². The summed E-state index contributed by atoms with van der Waals surface area (Å²) in [5.74, 6) is -0.987. The first-order chi connectivity index (χ1) is 9.16. The van der Waals surface area contributed by atoms with Crippen LogP contribution in [0.25, 0.3) is 0 Å². The van der Waals surface area contributed by atoms with Gasteiger partial charge in [0.05, 0.1) is 5.56 Å². The minimum Gasteiger partial charge on any atom is -0.459 e. The number of nitrogens with two attached hydrogens (primary N) is 1. The predicted molar refractivity (Wildman–Crippen MR) is 69.7 cm³/mol. The minimum absolute atomic E-state index is 0.00539. The number of ether oxygens (including phenoxy) is 1. The van der Waals surface area contributed by atoms with E-state index in [1.54, 1.807) is 0 Å². The molecule has 0 spiro atoms. The summed E-state index contributed by atoms with van der Waals surface area (Å²) in [5.41, 5.74) is 5.59. The van der Waals surface area contributed by atoms with Crippen molar-refractivity contribution >= 4 is 11.9 Å². The third-order valence-electron chi connectivity index (χ3n) is 3.33. The Morgan fingerprint density at radius 1 is 1.16 bits per heavy atom. The molecule has 102 valence electrons. The van der Waals surface area contributed by atoms with E-state index in [1.165, 1.54) is 31.2 Å². The topological polar surface area (TPSA) is 82.3 Å². The van der Waals surface area contributed by atoms with Crippen LogP contribution < -0.4 is 5.73 Å². The van der Waals surface area contributed by atoms with Gasteiger partial charge < -0.3 is 10.5 Å². The van der Waals surface area contributed by atoms with Crippen molar-refractivity contribution in [1.29, 1.82) is 0 Å². The first-order valence-corrected chi connectivity index (χ1v) is 6.63. The molecule has 0 aliphatic heterocycles. The lowest BCUT2D eigenvalue weighted by Crippen LogP contribution is -2.18. The van der Waals surface area contributed by atoms with Crippen molar-refractivity contribution in [2.45, 2.75) is 44.6 Å². The van der Waals surface area contributed by atoms with E-state index in [0.717, 1.165) is 25.7 Å². The highest BCUT2D eigenvalue weighted by Crippen LogP contribution is 2.20. The molecule has 0 saturated heterocycles. The summed E-state index contributed by atoms with van der Waals surface area (Å²) in [7, 11) is 0. The maximum atomic E-state index is 11.9. The lowest BCUT2D eigenvalue weighted by molar-refractivity contribution is 0.0266. The van der Waals surface area contributed by atoms with Crippen LogP contribution in [0.1, 0.15) is 59.4 Å². The Labute approximate surface area is 112 Å². The van der Waals surface area contributed by atoms with E-state index < -0.39 is 5.91 Å². The van der Waals surface area contributed by atoms with Crippen LogP contribution in [0.2, 0.25) is 0 Å². The van der Waals surface area contributed by atoms with Crippen LogP contribution in [0.4, 0.5) is 0 Å². The fraction of sp³-hybridized carbons (Fsp3) is 0.500. The normalized spacial score (nSPS) is 16.6. The Balaban J connectivity index is 1.96. The van der Waals surface area contributed by atoms with Crippen LogP contribution >= 0.6 is 0 Å². The number of pyridine rings is 1. The van der Waals surface area contributed by atoms with Gasteiger partial charge in [-0.3, -0.25) is 9.78 Å². The van der Waals surface area contributed by atoms with Gasteiger partial charge in [0.2, 0.25) is 0 Å². The standard InChI is InChI=1S/C14H18N2O3/c15-13(17)12-8-7-10(9-16-12)14(18)19-11-5-3-1-2-4-6-11/h7-9,11H,1-6H2,(H2,15,17). The lowest BCUT2D eigenvalue weighted by Gasteiger charge is -2.15. The first-order valence-electron chi connectivity index (χ1n) is 6.63. The third-order valence-corrected chi connectivity index (χ3v) is 3.33. The predicted octanol–water partition coefficient (Wildman–Crippen LogP) is 2.06. The van der Waals surface area contributed by atoms with E-state index in [0.29, 0.717) is 5.56 Å². The number of carbonyl (C=O) groups excluding carboxylic acids is 2. The van der Waals surface area contributed by atoms with Gasteiger partial charge in [-0.25, -0.2) is 4.79 Å². The smallest absolute Gasteiger partial charge is 0.339 e. The molecule has 2 rings (SSSR count). The molecule has 1 fully saturated rings. The molecular formula is C14H18N2O3. The zero-order valence-corrected chi connectivity index (χ0v) is 10.8. The summed E-state index contributed by atoms with van der Waals surface area (Å²) in [4.78, 5) is 26.6. The van der Waals surface area contributed by atoms with Crippen molar-refractivity contribution in [2.75, 3.05) is 0 Å². The molecule has 1 aliphatic carbocycles. The molecule has 0 bridgehead atoms. The second-order valence-electron chi connectivity index (χ2n) is 4.82. The first kappa shape index (κ1) is 13.5. The Hall–Kier alpha value is -1.91. The van der Waals surface area contributed by atoms with Crippen LogP contribution in [0, 0.1) is 0 Å². The molecule has 5 heteroatoms. The number of hydrogen-bond acceptors (Lipinski definition) is 4. The van der Waals surface area contributed by atoms with E-state index in [-0.39, 0.29) is 17.8 Å². The quantitative estimate of drug-likeness (QED) is 0.667. The SMILES string of the molecule is NC(=O)c1ccc(C(=O)OC2CCCCCC2)cn1. The zero-order valence-electron chi connectivity index (χ0n) is 10.8. The second-order valence-corrected chi connectivity index (χ2v) is 4.82. The average Bonchev–Trinajstić information content (AvgIpc) is 2.67. The highest BCUT2D eigenvalue weighted by Gasteiger charge is 2.18. The average molecular weight is 262 g/mol. The number of primary amides is 1. The maximum absolute atomic E-state index is 11.9. The number of carbonyl (C=O) groups is 2. The summed E-state index contributed by atoms with van der Waals surface area (Å²) < 4.78 is 5.46. The van der Waals surface area contributed by atoms with Crippen molar-refractivity contribution in [3.05, 3.63) is 29.6 Å². The number of aromatic nitrogens is 1. The minimum atomic E-state index is -0.608. The molecule has 5 nitrogen and oxygen atoms in total. The zero-order chi connectivity index (χ0) is 13.7. The van der Waals surface area contributed by atoms with Gasteiger partial charge >= 0.3 is 5.97 Å². The molecule has 1 aromatic rings. The highest BCUT2D eigenvalue weighted by atomic mass is 16.5. The van der Waals surface area contributed by atoms with Gasteiger partial charge in [0.15, 0.2) is 0 Å².